The summed E-state index contributed by atoms with van der Waals surface area (Å²) in [5, 5.41) is 11.8. The van der Waals surface area contributed by atoms with Crippen molar-refractivity contribution in [3.8, 4) is 0 Å². The Labute approximate surface area is 101 Å². The van der Waals surface area contributed by atoms with Crippen LogP contribution in [0.3, 0.4) is 0 Å². The predicted octanol–water partition coefficient (Wildman–Crippen LogP) is 2.48. The topological polar surface area (TPSA) is 71.5 Å². The summed E-state index contributed by atoms with van der Waals surface area (Å²) in [4.78, 5) is 15.4. The number of hydrogen-bond acceptors (Lipinski definition) is 4. The van der Waals surface area contributed by atoms with Gasteiger partial charge < -0.3 is 9.84 Å². The number of rotatable bonds is 4. The zero-order chi connectivity index (χ0) is 12.8. The number of aromatic nitrogens is 1. The second-order valence-electron chi connectivity index (χ2n) is 3.90. The number of aliphatic hydroxyl groups excluding tert-OH is 1. The van der Waals surface area contributed by atoms with Crippen LogP contribution in [0.4, 0.5) is 10.5 Å². The Morgan fingerprint density at radius 3 is 2.71 bits per heavy atom. The fourth-order valence-electron chi connectivity index (χ4n) is 1.14. The number of aliphatic hydroxyl groups is 1. The number of hydrogen-bond donors (Lipinski definition) is 2. The first kappa shape index (κ1) is 13.4. The lowest BCUT2D eigenvalue weighted by atomic mass is 10.2. The molecule has 17 heavy (non-hydrogen) atoms. The number of pyridine rings is 1. The second-order valence-corrected chi connectivity index (χ2v) is 3.90. The highest BCUT2D eigenvalue weighted by Gasteiger charge is 2.08. The molecule has 0 aromatic carbocycles. The molecule has 1 heterocycles. The summed E-state index contributed by atoms with van der Waals surface area (Å²) in [6.07, 6.45) is 1.04. The molecule has 0 spiro atoms. The quantitative estimate of drug-likeness (QED) is 0.845. The van der Waals surface area contributed by atoms with Gasteiger partial charge in [-0.2, -0.15) is 0 Å². The summed E-state index contributed by atoms with van der Waals surface area (Å²) in [5.74, 6) is 0. The Morgan fingerprint density at radius 1 is 1.53 bits per heavy atom. The van der Waals surface area contributed by atoms with Crippen LogP contribution in [-0.4, -0.2) is 22.3 Å². The van der Waals surface area contributed by atoms with Crippen molar-refractivity contribution in [3.05, 3.63) is 24.0 Å². The van der Waals surface area contributed by atoms with Gasteiger partial charge in [-0.3, -0.25) is 10.3 Å². The van der Waals surface area contributed by atoms with Gasteiger partial charge in [0.2, 0.25) is 0 Å². The minimum Gasteiger partial charge on any atom is -0.446 e. The highest BCUT2D eigenvalue weighted by atomic mass is 16.6. The summed E-state index contributed by atoms with van der Waals surface area (Å²) in [7, 11) is 0. The molecule has 1 amide bonds. The minimum atomic E-state index is -0.615. The van der Waals surface area contributed by atoms with Crippen LogP contribution in [0.15, 0.2) is 18.3 Å². The van der Waals surface area contributed by atoms with Crippen molar-refractivity contribution in [2.24, 2.45) is 0 Å². The third-order valence-electron chi connectivity index (χ3n) is 2.34. The van der Waals surface area contributed by atoms with Crippen molar-refractivity contribution in [1.82, 2.24) is 4.98 Å². The standard InChI is InChI=1S/C12H18N2O3/c1-4-8(2)17-12(16)14-10-5-6-11(9(3)15)13-7-10/h5-9,15H,4H2,1-3H3,(H,14,16). The van der Waals surface area contributed by atoms with E-state index in [1.54, 1.807) is 19.1 Å². The molecular formula is C12H18N2O3. The zero-order valence-corrected chi connectivity index (χ0v) is 10.3. The number of nitrogens with one attached hydrogen (secondary N) is 1. The van der Waals surface area contributed by atoms with Gasteiger partial charge >= 0.3 is 6.09 Å². The summed E-state index contributed by atoms with van der Waals surface area (Å²) >= 11 is 0. The largest absolute Gasteiger partial charge is 0.446 e. The highest BCUT2D eigenvalue weighted by molar-refractivity contribution is 5.84. The number of carbonyl (C=O) groups excluding carboxylic acids is 1. The zero-order valence-electron chi connectivity index (χ0n) is 10.3. The van der Waals surface area contributed by atoms with Gasteiger partial charge in [-0.1, -0.05) is 6.92 Å². The monoisotopic (exact) mass is 238 g/mol. The second kappa shape index (κ2) is 6.20. The fraction of sp³-hybridized carbons (Fsp3) is 0.500. The molecule has 1 aromatic heterocycles. The molecule has 5 nitrogen and oxygen atoms in total. The van der Waals surface area contributed by atoms with E-state index < -0.39 is 12.2 Å². The van der Waals surface area contributed by atoms with E-state index >= 15 is 0 Å². The normalized spacial score (nSPS) is 13.9. The molecule has 0 aliphatic carbocycles. The highest BCUT2D eigenvalue weighted by Crippen LogP contribution is 2.12. The third kappa shape index (κ3) is 4.40. The minimum absolute atomic E-state index is 0.111. The van der Waals surface area contributed by atoms with Crippen LogP contribution >= 0.6 is 0 Å². The molecular weight excluding hydrogens is 220 g/mol. The summed E-state index contributed by atoms with van der Waals surface area (Å²) in [5.41, 5.74) is 1.11. The molecule has 0 saturated heterocycles. The van der Waals surface area contributed by atoms with Crippen molar-refractivity contribution >= 4 is 11.8 Å². The van der Waals surface area contributed by atoms with Crippen LogP contribution in [0.1, 0.15) is 39.0 Å². The number of amides is 1. The van der Waals surface area contributed by atoms with Gasteiger partial charge in [-0.05, 0) is 32.4 Å². The number of nitrogens with zero attached hydrogens (tertiary/aromatic N) is 1. The molecule has 0 bridgehead atoms. The number of anilines is 1. The Balaban J connectivity index is 2.54. The Kier molecular flexibility index (Phi) is 4.90. The third-order valence-corrected chi connectivity index (χ3v) is 2.34. The first-order chi connectivity index (χ1) is 8.02. The fourth-order valence-corrected chi connectivity index (χ4v) is 1.14. The molecule has 94 valence electrons. The maximum atomic E-state index is 11.4. The number of ether oxygens (including phenoxy) is 1. The van der Waals surface area contributed by atoms with Gasteiger partial charge in [0, 0.05) is 0 Å². The Hall–Kier alpha value is -1.62. The molecule has 0 fully saturated rings. The van der Waals surface area contributed by atoms with E-state index in [9.17, 15) is 9.90 Å². The van der Waals surface area contributed by atoms with Crippen molar-refractivity contribution in [1.29, 1.82) is 0 Å². The molecule has 2 atom stereocenters. The molecule has 0 radical (unpaired) electrons. The van der Waals surface area contributed by atoms with Gasteiger partial charge in [-0.15, -0.1) is 0 Å². The summed E-state index contributed by atoms with van der Waals surface area (Å²) < 4.78 is 5.05. The van der Waals surface area contributed by atoms with Gasteiger partial charge in [0.15, 0.2) is 0 Å². The van der Waals surface area contributed by atoms with Gasteiger partial charge in [0.05, 0.1) is 23.7 Å². The average Bonchev–Trinajstić information content (AvgIpc) is 2.29. The summed E-state index contributed by atoms with van der Waals surface area (Å²) in [6.45, 7) is 5.40. The van der Waals surface area contributed by atoms with Gasteiger partial charge in [0.1, 0.15) is 6.10 Å². The first-order valence-electron chi connectivity index (χ1n) is 5.64. The maximum absolute atomic E-state index is 11.4. The van der Waals surface area contributed by atoms with Crippen molar-refractivity contribution in [2.75, 3.05) is 5.32 Å². The van der Waals surface area contributed by atoms with Gasteiger partial charge in [0.25, 0.3) is 0 Å². The molecule has 5 heteroatoms. The molecule has 0 saturated carbocycles. The van der Waals surface area contributed by atoms with Crippen LogP contribution in [-0.2, 0) is 4.74 Å². The first-order valence-corrected chi connectivity index (χ1v) is 5.64. The van der Waals surface area contributed by atoms with Crippen LogP contribution in [0, 0.1) is 0 Å². The average molecular weight is 238 g/mol. The van der Waals surface area contributed by atoms with E-state index in [2.05, 4.69) is 10.3 Å². The lowest BCUT2D eigenvalue weighted by Crippen LogP contribution is -2.19. The van der Waals surface area contributed by atoms with E-state index in [-0.39, 0.29) is 6.10 Å². The van der Waals surface area contributed by atoms with Crippen LogP contribution < -0.4 is 5.32 Å². The maximum Gasteiger partial charge on any atom is 0.411 e. The van der Waals surface area contributed by atoms with Crippen LogP contribution in [0.2, 0.25) is 0 Å². The van der Waals surface area contributed by atoms with E-state index in [4.69, 9.17) is 4.74 Å². The smallest absolute Gasteiger partial charge is 0.411 e. The SMILES string of the molecule is CCC(C)OC(=O)Nc1ccc(C(C)O)nc1. The van der Waals surface area contributed by atoms with Crippen molar-refractivity contribution < 1.29 is 14.6 Å². The molecule has 1 aromatic rings. The van der Waals surface area contributed by atoms with E-state index in [0.717, 1.165) is 6.42 Å². The van der Waals surface area contributed by atoms with Crippen LogP contribution in [0.25, 0.3) is 0 Å². The lowest BCUT2D eigenvalue weighted by molar-refractivity contribution is 0.118. The molecule has 0 aliphatic rings. The van der Waals surface area contributed by atoms with E-state index in [1.165, 1.54) is 6.20 Å². The van der Waals surface area contributed by atoms with E-state index in [0.29, 0.717) is 11.4 Å². The van der Waals surface area contributed by atoms with Gasteiger partial charge in [-0.25, -0.2) is 4.79 Å². The molecule has 2 unspecified atom stereocenters. The number of carbonyl (C=O) groups is 1. The molecule has 2 N–H and O–H groups in total. The lowest BCUT2D eigenvalue weighted by Gasteiger charge is -2.12. The van der Waals surface area contributed by atoms with Crippen molar-refractivity contribution in [3.63, 3.8) is 0 Å². The molecule has 0 aliphatic heterocycles. The Bertz CT molecular complexity index is 363. The van der Waals surface area contributed by atoms with E-state index in [1.807, 2.05) is 13.8 Å². The molecule has 1 rings (SSSR count). The predicted molar refractivity (Wildman–Crippen MR) is 64.7 cm³/mol. The van der Waals surface area contributed by atoms with Crippen LogP contribution in [0.5, 0.6) is 0 Å². The van der Waals surface area contributed by atoms with Crippen molar-refractivity contribution in [2.45, 2.75) is 39.4 Å². The summed E-state index contributed by atoms with van der Waals surface area (Å²) in [6, 6.07) is 3.33. The Morgan fingerprint density at radius 2 is 2.24 bits per heavy atom.